The molecule has 1 fully saturated rings. The van der Waals surface area contributed by atoms with Crippen LogP contribution in [0.1, 0.15) is 52.1 Å². The minimum absolute atomic E-state index is 0.260. The Morgan fingerprint density at radius 3 is 2.67 bits per heavy atom. The lowest BCUT2D eigenvalue weighted by Gasteiger charge is -2.38. The summed E-state index contributed by atoms with van der Waals surface area (Å²) in [6.45, 7) is 7.11. The molecule has 1 unspecified atom stereocenters. The highest BCUT2D eigenvalue weighted by atomic mass is 32.1. The van der Waals surface area contributed by atoms with E-state index in [1.54, 1.807) is 11.3 Å². The van der Waals surface area contributed by atoms with Gasteiger partial charge in [-0.1, -0.05) is 20.8 Å². The van der Waals surface area contributed by atoms with E-state index in [-0.39, 0.29) is 6.04 Å². The van der Waals surface area contributed by atoms with Crippen molar-refractivity contribution in [1.29, 1.82) is 0 Å². The molecule has 0 saturated heterocycles. The first-order chi connectivity index (χ1) is 9.93. The topological polar surface area (TPSA) is 43.3 Å². The number of hydrogen-bond donors (Lipinski definition) is 1. The van der Waals surface area contributed by atoms with Gasteiger partial charge in [-0.15, -0.1) is 11.3 Å². The molecule has 2 aromatic rings. The molecule has 1 aliphatic rings. The van der Waals surface area contributed by atoms with Crippen LogP contribution in [0.25, 0.3) is 4.96 Å². The van der Waals surface area contributed by atoms with E-state index in [1.807, 2.05) is 0 Å². The van der Waals surface area contributed by atoms with Crippen LogP contribution in [0.15, 0.2) is 17.8 Å². The number of rotatable bonds is 3. The van der Waals surface area contributed by atoms with Gasteiger partial charge in [0.15, 0.2) is 4.96 Å². The summed E-state index contributed by atoms with van der Waals surface area (Å²) < 4.78 is 2.10. The number of nitrogens with zero attached hydrogens (tertiary/aromatic N) is 2. The van der Waals surface area contributed by atoms with E-state index >= 15 is 0 Å². The number of hydrogen-bond acceptors (Lipinski definition) is 3. The predicted octanol–water partition coefficient (Wildman–Crippen LogP) is 4.12. The third kappa shape index (κ3) is 3.32. The van der Waals surface area contributed by atoms with E-state index in [1.165, 1.54) is 25.7 Å². The van der Waals surface area contributed by atoms with Crippen LogP contribution in [-0.2, 0) is 6.42 Å². The van der Waals surface area contributed by atoms with Crippen LogP contribution in [0.2, 0.25) is 0 Å². The molecule has 1 atom stereocenters. The number of thiazole rings is 1. The maximum atomic E-state index is 6.48. The summed E-state index contributed by atoms with van der Waals surface area (Å²) in [4.78, 5) is 5.74. The molecule has 2 N–H and O–H groups in total. The van der Waals surface area contributed by atoms with Crippen molar-refractivity contribution in [2.24, 2.45) is 23.0 Å². The normalized spacial score (nSPS) is 25.3. The monoisotopic (exact) mass is 305 g/mol. The number of nitrogens with two attached hydrogens (primary N) is 1. The lowest BCUT2D eigenvalue weighted by molar-refractivity contribution is 0.139. The van der Waals surface area contributed by atoms with Gasteiger partial charge in [0.25, 0.3) is 0 Å². The average molecular weight is 305 g/mol. The smallest absolute Gasteiger partial charge is 0.193 e. The van der Waals surface area contributed by atoms with Crippen LogP contribution in [0.3, 0.4) is 0 Å². The molecule has 0 amide bonds. The second kappa shape index (κ2) is 5.73. The van der Waals surface area contributed by atoms with E-state index in [0.717, 1.165) is 23.0 Å². The molecule has 1 aliphatic carbocycles. The molecule has 1 saturated carbocycles. The molecule has 21 heavy (non-hydrogen) atoms. The fourth-order valence-corrected chi connectivity index (χ4v) is 4.41. The number of aromatic nitrogens is 2. The quantitative estimate of drug-likeness (QED) is 0.927. The van der Waals surface area contributed by atoms with Crippen molar-refractivity contribution < 1.29 is 0 Å². The minimum Gasteiger partial charge on any atom is -0.327 e. The first kappa shape index (κ1) is 15.0. The van der Waals surface area contributed by atoms with E-state index in [9.17, 15) is 0 Å². The molecule has 3 nitrogen and oxygen atoms in total. The summed E-state index contributed by atoms with van der Waals surface area (Å²) in [5.74, 6) is 1.53. The first-order valence-corrected chi connectivity index (χ1v) is 8.98. The zero-order valence-electron chi connectivity index (χ0n) is 13.4. The Kier molecular flexibility index (Phi) is 4.10. The van der Waals surface area contributed by atoms with Gasteiger partial charge < -0.3 is 5.73 Å². The summed E-state index contributed by atoms with van der Waals surface area (Å²) in [7, 11) is 0. The molecular formula is C17H27N3S. The zero-order chi connectivity index (χ0) is 15.0. The molecule has 3 rings (SSSR count). The summed E-state index contributed by atoms with van der Waals surface area (Å²) >= 11 is 1.68. The Labute approximate surface area is 131 Å². The Bertz CT molecular complexity index is 556. The standard InChI is InChI=1S/C17H27N3S/c1-17(2,3)13-6-4-12(5-7-13)15(18)10-14-11-20-8-9-21-16(20)19-14/h8-9,11-13,15H,4-7,10,18H2,1-3H3. The van der Waals surface area contributed by atoms with Gasteiger partial charge in [0.05, 0.1) is 5.69 Å². The molecule has 0 spiro atoms. The summed E-state index contributed by atoms with van der Waals surface area (Å²) in [5, 5.41) is 2.07. The van der Waals surface area contributed by atoms with Gasteiger partial charge in [-0.25, -0.2) is 4.98 Å². The largest absolute Gasteiger partial charge is 0.327 e. The Balaban J connectivity index is 1.57. The van der Waals surface area contributed by atoms with E-state index in [2.05, 4.69) is 47.9 Å². The first-order valence-electron chi connectivity index (χ1n) is 8.10. The van der Waals surface area contributed by atoms with Gasteiger partial charge in [0.1, 0.15) is 0 Å². The van der Waals surface area contributed by atoms with Crippen molar-refractivity contribution in [2.75, 3.05) is 0 Å². The van der Waals surface area contributed by atoms with Gasteiger partial charge in [0.2, 0.25) is 0 Å². The molecular weight excluding hydrogens is 278 g/mol. The third-order valence-electron chi connectivity index (χ3n) is 5.19. The van der Waals surface area contributed by atoms with Crippen molar-refractivity contribution in [3.05, 3.63) is 23.5 Å². The van der Waals surface area contributed by atoms with Crippen LogP contribution < -0.4 is 5.73 Å². The second-order valence-electron chi connectivity index (χ2n) is 7.67. The third-order valence-corrected chi connectivity index (χ3v) is 5.96. The molecule has 2 heterocycles. The van der Waals surface area contributed by atoms with Crippen molar-refractivity contribution in [2.45, 2.75) is 58.9 Å². The van der Waals surface area contributed by atoms with Crippen molar-refractivity contribution >= 4 is 16.3 Å². The maximum absolute atomic E-state index is 6.48. The molecule has 2 aromatic heterocycles. The average Bonchev–Trinajstić information content (AvgIpc) is 2.98. The van der Waals surface area contributed by atoms with E-state index in [0.29, 0.717) is 11.3 Å². The lowest BCUT2D eigenvalue weighted by atomic mass is 9.68. The van der Waals surface area contributed by atoms with Crippen LogP contribution in [0, 0.1) is 17.3 Å². The summed E-state index contributed by atoms with van der Waals surface area (Å²) in [6, 6.07) is 0.260. The van der Waals surface area contributed by atoms with Crippen LogP contribution in [0.5, 0.6) is 0 Å². The lowest BCUT2D eigenvalue weighted by Crippen LogP contribution is -2.37. The predicted molar refractivity (Wildman–Crippen MR) is 89.7 cm³/mol. The van der Waals surface area contributed by atoms with Gasteiger partial charge in [0, 0.05) is 30.2 Å². The maximum Gasteiger partial charge on any atom is 0.193 e. The SMILES string of the molecule is CC(C)(C)C1CCC(C(N)Cc2cn3ccsc3n2)CC1. The highest BCUT2D eigenvalue weighted by Gasteiger charge is 2.31. The van der Waals surface area contributed by atoms with Crippen LogP contribution in [-0.4, -0.2) is 15.4 Å². The van der Waals surface area contributed by atoms with Crippen LogP contribution in [0.4, 0.5) is 0 Å². The van der Waals surface area contributed by atoms with E-state index in [4.69, 9.17) is 5.73 Å². The molecule has 4 heteroatoms. The second-order valence-corrected chi connectivity index (χ2v) is 8.54. The summed E-state index contributed by atoms with van der Waals surface area (Å²) in [5.41, 5.74) is 8.07. The van der Waals surface area contributed by atoms with Crippen molar-refractivity contribution in [3.8, 4) is 0 Å². The van der Waals surface area contributed by atoms with Crippen molar-refractivity contribution in [3.63, 3.8) is 0 Å². The fourth-order valence-electron chi connectivity index (χ4n) is 3.70. The van der Waals surface area contributed by atoms with E-state index < -0.39 is 0 Å². The number of imidazole rings is 1. The van der Waals surface area contributed by atoms with Gasteiger partial charge in [-0.05, 0) is 42.9 Å². The molecule has 0 aliphatic heterocycles. The Hall–Kier alpha value is -0.870. The highest BCUT2D eigenvalue weighted by Crippen LogP contribution is 2.40. The summed E-state index contributed by atoms with van der Waals surface area (Å²) in [6.07, 6.45) is 10.3. The van der Waals surface area contributed by atoms with Gasteiger partial charge in [-0.2, -0.15) is 0 Å². The molecule has 0 radical (unpaired) electrons. The molecule has 116 valence electrons. The molecule has 0 aromatic carbocycles. The Morgan fingerprint density at radius 2 is 2.05 bits per heavy atom. The van der Waals surface area contributed by atoms with Gasteiger partial charge >= 0.3 is 0 Å². The fraction of sp³-hybridized carbons (Fsp3) is 0.706. The van der Waals surface area contributed by atoms with Crippen molar-refractivity contribution in [1.82, 2.24) is 9.38 Å². The zero-order valence-corrected chi connectivity index (χ0v) is 14.2. The minimum atomic E-state index is 0.260. The van der Waals surface area contributed by atoms with Crippen LogP contribution >= 0.6 is 11.3 Å². The molecule has 0 bridgehead atoms. The number of fused-ring (bicyclic) bond motifs is 1. The Morgan fingerprint density at radius 1 is 1.33 bits per heavy atom. The highest BCUT2D eigenvalue weighted by molar-refractivity contribution is 7.15. The van der Waals surface area contributed by atoms with Gasteiger partial charge in [-0.3, -0.25) is 4.40 Å².